The predicted octanol–water partition coefficient (Wildman–Crippen LogP) is -2.55. The minimum absolute atomic E-state index is 0.0991. The molecule has 2 atom stereocenters. The molecule has 3 rings (SSSR count). The van der Waals surface area contributed by atoms with Crippen LogP contribution >= 0.6 is 0 Å². The molecule has 0 aliphatic carbocycles. The Hall–Kier alpha value is -1.96. The lowest BCUT2D eigenvalue weighted by Gasteiger charge is -2.33. The third-order valence-electron chi connectivity index (χ3n) is 4.13. The van der Waals surface area contributed by atoms with Gasteiger partial charge in [0.1, 0.15) is 6.04 Å². The Bertz CT molecular complexity index is 668. The third-order valence-corrected chi connectivity index (χ3v) is 4.48. The van der Waals surface area contributed by atoms with Crippen LogP contribution in [0.4, 0.5) is 4.79 Å². The van der Waals surface area contributed by atoms with Crippen LogP contribution in [0.2, 0.25) is 0 Å². The summed E-state index contributed by atoms with van der Waals surface area (Å²) in [7, 11) is -4.83. The van der Waals surface area contributed by atoms with Gasteiger partial charge in [-0.3, -0.25) is 24.6 Å². The number of amides is 4. The zero-order chi connectivity index (χ0) is 17.5. The van der Waals surface area contributed by atoms with E-state index in [9.17, 15) is 22.8 Å². The molecule has 13 heteroatoms. The van der Waals surface area contributed by atoms with E-state index in [0.29, 0.717) is 24.6 Å². The Balaban J connectivity index is 1.67. The molecule has 0 unspecified atom stereocenters. The first-order valence-electron chi connectivity index (χ1n) is 7.34. The number of rotatable bonds is 4. The summed E-state index contributed by atoms with van der Waals surface area (Å²) in [4.78, 5) is 37.5. The number of hydrogen-bond donors (Lipinski definition) is 3. The molecule has 0 aromatic heterocycles. The molecule has 12 nitrogen and oxygen atoms in total. The van der Waals surface area contributed by atoms with Crippen LogP contribution in [0.25, 0.3) is 0 Å². The van der Waals surface area contributed by atoms with Gasteiger partial charge in [-0.15, -0.1) is 4.28 Å². The summed E-state index contributed by atoms with van der Waals surface area (Å²) in [5, 5.41) is 4.63. The fourth-order valence-corrected chi connectivity index (χ4v) is 3.42. The number of piperazine rings is 1. The van der Waals surface area contributed by atoms with Gasteiger partial charge in [0.25, 0.3) is 11.8 Å². The molecule has 0 aromatic rings. The van der Waals surface area contributed by atoms with Crippen molar-refractivity contribution in [2.45, 2.75) is 24.9 Å². The summed E-state index contributed by atoms with van der Waals surface area (Å²) < 4.78 is 34.7. The van der Waals surface area contributed by atoms with Crippen molar-refractivity contribution in [3.63, 3.8) is 0 Å². The average Bonchev–Trinajstić information content (AvgIpc) is 2.73. The van der Waals surface area contributed by atoms with E-state index in [2.05, 4.69) is 15.0 Å². The molecule has 2 bridgehead atoms. The van der Waals surface area contributed by atoms with E-state index in [1.807, 2.05) is 0 Å². The zero-order valence-corrected chi connectivity index (χ0v) is 13.4. The van der Waals surface area contributed by atoms with E-state index in [-0.39, 0.29) is 25.4 Å². The lowest BCUT2D eigenvalue weighted by Crippen LogP contribution is -2.60. The van der Waals surface area contributed by atoms with Gasteiger partial charge in [-0.25, -0.2) is 4.79 Å². The van der Waals surface area contributed by atoms with Gasteiger partial charge in [0, 0.05) is 13.1 Å². The van der Waals surface area contributed by atoms with Crippen molar-refractivity contribution in [3.05, 3.63) is 0 Å². The standard InChI is InChI=1S/C11H17N5O7S/c17-9-5-12-3-4-15(9)13-10(18)8-2-1-7-6-14(8)11(19)16(7)23-24(20,21)22/h7-8,12H,1-6H2,(H,13,18)(H,20,21,22)/t7-,8+/m1/s1. The Morgan fingerprint density at radius 2 is 2.08 bits per heavy atom. The summed E-state index contributed by atoms with van der Waals surface area (Å²) in [5.41, 5.74) is 2.49. The highest BCUT2D eigenvalue weighted by molar-refractivity contribution is 7.80. The van der Waals surface area contributed by atoms with Gasteiger partial charge in [0.2, 0.25) is 0 Å². The summed E-state index contributed by atoms with van der Waals surface area (Å²) in [6, 6.07) is -2.22. The van der Waals surface area contributed by atoms with E-state index in [1.165, 1.54) is 9.91 Å². The predicted molar refractivity (Wildman–Crippen MR) is 76.1 cm³/mol. The number of fused-ring (bicyclic) bond motifs is 2. The second-order valence-electron chi connectivity index (χ2n) is 5.71. The number of hydrogen-bond acceptors (Lipinski definition) is 7. The van der Waals surface area contributed by atoms with Gasteiger partial charge in [-0.1, -0.05) is 0 Å². The van der Waals surface area contributed by atoms with Crippen LogP contribution in [0.1, 0.15) is 12.8 Å². The van der Waals surface area contributed by atoms with Gasteiger partial charge >= 0.3 is 16.4 Å². The maximum atomic E-state index is 12.4. The molecule has 134 valence electrons. The molecule has 3 aliphatic rings. The Kier molecular flexibility index (Phi) is 4.33. The normalized spacial score (nSPS) is 27.6. The second kappa shape index (κ2) is 6.16. The SMILES string of the molecule is O=C(NN1CCNCC1=O)[C@@H]1CC[C@@H]2CN1C(=O)N2OS(=O)(=O)O. The number of urea groups is 1. The summed E-state index contributed by atoms with van der Waals surface area (Å²) >= 11 is 0. The molecule has 4 amide bonds. The fraction of sp³-hybridized carbons (Fsp3) is 0.727. The second-order valence-corrected chi connectivity index (χ2v) is 6.71. The van der Waals surface area contributed by atoms with Gasteiger partial charge in [-0.2, -0.15) is 13.5 Å². The lowest BCUT2D eigenvalue weighted by molar-refractivity contribution is -0.144. The topological polar surface area (TPSA) is 149 Å². The van der Waals surface area contributed by atoms with E-state index in [1.54, 1.807) is 0 Å². The molecular weight excluding hydrogens is 346 g/mol. The molecule has 3 aliphatic heterocycles. The van der Waals surface area contributed by atoms with Gasteiger partial charge < -0.3 is 10.2 Å². The van der Waals surface area contributed by atoms with Crippen molar-refractivity contribution in [2.24, 2.45) is 0 Å². The van der Waals surface area contributed by atoms with Crippen molar-refractivity contribution >= 4 is 28.2 Å². The zero-order valence-electron chi connectivity index (χ0n) is 12.5. The van der Waals surface area contributed by atoms with E-state index in [0.717, 1.165) is 0 Å². The number of nitrogens with zero attached hydrogens (tertiary/aromatic N) is 3. The first-order valence-corrected chi connectivity index (χ1v) is 8.71. The third kappa shape index (κ3) is 3.28. The molecule has 3 fully saturated rings. The van der Waals surface area contributed by atoms with Crippen LogP contribution in [0, 0.1) is 0 Å². The molecule has 0 aromatic carbocycles. The quantitative estimate of drug-likeness (QED) is 0.462. The van der Waals surface area contributed by atoms with Crippen LogP contribution in [-0.2, 0) is 24.3 Å². The minimum Gasteiger partial charge on any atom is -0.309 e. The number of hydroxylamine groups is 2. The smallest absolute Gasteiger partial charge is 0.309 e. The highest BCUT2D eigenvalue weighted by Gasteiger charge is 2.49. The Morgan fingerprint density at radius 3 is 2.75 bits per heavy atom. The molecule has 0 spiro atoms. The monoisotopic (exact) mass is 363 g/mol. The highest BCUT2D eigenvalue weighted by atomic mass is 32.3. The van der Waals surface area contributed by atoms with Crippen LogP contribution in [-0.4, -0.2) is 84.1 Å². The van der Waals surface area contributed by atoms with Gasteiger partial charge in [0.05, 0.1) is 19.1 Å². The molecule has 0 radical (unpaired) electrons. The number of piperidine rings is 1. The number of carbonyl (C=O) groups excluding carboxylic acids is 3. The van der Waals surface area contributed by atoms with Crippen molar-refractivity contribution in [1.29, 1.82) is 0 Å². The molecule has 3 saturated heterocycles. The Morgan fingerprint density at radius 1 is 1.33 bits per heavy atom. The lowest BCUT2D eigenvalue weighted by atomic mass is 10.0. The average molecular weight is 363 g/mol. The maximum absolute atomic E-state index is 12.4. The summed E-state index contributed by atoms with van der Waals surface area (Å²) in [6.07, 6.45) is 0.610. The van der Waals surface area contributed by atoms with Crippen LogP contribution in [0.15, 0.2) is 0 Å². The number of hydrazine groups is 1. The van der Waals surface area contributed by atoms with Crippen LogP contribution in [0.3, 0.4) is 0 Å². The summed E-state index contributed by atoms with van der Waals surface area (Å²) in [5.74, 6) is -0.807. The van der Waals surface area contributed by atoms with Crippen molar-refractivity contribution < 1.29 is 31.6 Å². The van der Waals surface area contributed by atoms with Gasteiger partial charge in [0.15, 0.2) is 0 Å². The fourth-order valence-electron chi connectivity index (χ4n) is 3.04. The van der Waals surface area contributed by atoms with Crippen LogP contribution < -0.4 is 10.7 Å². The van der Waals surface area contributed by atoms with Crippen molar-refractivity contribution in [1.82, 2.24) is 25.7 Å². The van der Waals surface area contributed by atoms with Crippen molar-refractivity contribution in [3.8, 4) is 0 Å². The molecule has 3 heterocycles. The van der Waals surface area contributed by atoms with Gasteiger partial charge in [-0.05, 0) is 12.8 Å². The van der Waals surface area contributed by atoms with Crippen LogP contribution in [0.5, 0.6) is 0 Å². The molecule has 3 N–H and O–H groups in total. The van der Waals surface area contributed by atoms with E-state index < -0.39 is 34.4 Å². The number of nitrogens with one attached hydrogen (secondary N) is 2. The molecule has 24 heavy (non-hydrogen) atoms. The number of carbonyl (C=O) groups is 3. The first kappa shape index (κ1) is 16.9. The Labute approximate surface area is 137 Å². The maximum Gasteiger partial charge on any atom is 0.418 e. The van der Waals surface area contributed by atoms with Crippen molar-refractivity contribution in [2.75, 3.05) is 26.2 Å². The van der Waals surface area contributed by atoms with E-state index >= 15 is 0 Å². The first-order chi connectivity index (χ1) is 11.3. The highest BCUT2D eigenvalue weighted by Crippen LogP contribution is 2.30. The summed E-state index contributed by atoms with van der Waals surface area (Å²) in [6.45, 7) is 1.07. The van der Waals surface area contributed by atoms with E-state index in [4.69, 9.17) is 4.55 Å². The molecule has 0 saturated carbocycles. The minimum atomic E-state index is -4.83. The largest absolute Gasteiger partial charge is 0.418 e. The molecular formula is C11H17N5O7S.